The molecule has 2 atom stereocenters. The van der Waals surface area contributed by atoms with Gasteiger partial charge >= 0.3 is 0 Å². The van der Waals surface area contributed by atoms with Crippen molar-refractivity contribution in [1.82, 2.24) is 5.32 Å². The molecule has 1 aliphatic carbocycles. The molecule has 1 N–H and O–H groups in total. The van der Waals surface area contributed by atoms with Crippen molar-refractivity contribution in [3.63, 3.8) is 0 Å². The normalized spacial score (nSPS) is 35.0. The molecule has 0 amide bonds. The third kappa shape index (κ3) is 1.64. The molecule has 0 aromatic carbocycles. The third-order valence-corrected chi connectivity index (χ3v) is 3.50. The van der Waals surface area contributed by atoms with Gasteiger partial charge in [0.2, 0.25) is 0 Å². The van der Waals surface area contributed by atoms with Crippen LogP contribution >= 0.6 is 0 Å². The quantitative estimate of drug-likeness (QED) is 0.692. The first kappa shape index (κ1) is 8.52. The van der Waals surface area contributed by atoms with E-state index in [2.05, 4.69) is 19.2 Å². The van der Waals surface area contributed by atoms with Crippen molar-refractivity contribution in [2.75, 3.05) is 13.2 Å². The van der Waals surface area contributed by atoms with Gasteiger partial charge in [-0.2, -0.15) is 0 Å². The number of hydrogen-bond donors (Lipinski definition) is 1. The topological polar surface area (TPSA) is 21.3 Å². The maximum absolute atomic E-state index is 5.33. The van der Waals surface area contributed by atoms with E-state index in [9.17, 15) is 0 Å². The SMILES string of the molecule is CC(NC1CCOC1)C1(C)CC1. The van der Waals surface area contributed by atoms with E-state index in [4.69, 9.17) is 4.74 Å². The second-order valence-electron chi connectivity index (χ2n) is 4.60. The summed E-state index contributed by atoms with van der Waals surface area (Å²) in [5.41, 5.74) is 0.600. The molecule has 2 rings (SSSR count). The molecule has 12 heavy (non-hydrogen) atoms. The molecule has 1 aliphatic heterocycles. The van der Waals surface area contributed by atoms with Crippen LogP contribution in [-0.2, 0) is 4.74 Å². The Bertz CT molecular complexity index is 159. The van der Waals surface area contributed by atoms with Crippen molar-refractivity contribution in [2.24, 2.45) is 5.41 Å². The summed E-state index contributed by atoms with van der Waals surface area (Å²) < 4.78 is 5.33. The van der Waals surface area contributed by atoms with Gasteiger partial charge in [0.05, 0.1) is 6.61 Å². The zero-order valence-corrected chi connectivity index (χ0v) is 8.10. The Labute approximate surface area is 74.7 Å². The van der Waals surface area contributed by atoms with Crippen LogP contribution in [0.3, 0.4) is 0 Å². The molecule has 0 bridgehead atoms. The lowest BCUT2D eigenvalue weighted by Gasteiger charge is -2.23. The highest BCUT2D eigenvalue weighted by atomic mass is 16.5. The van der Waals surface area contributed by atoms with E-state index < -0.39 is 0 Å². The predicted molar refractivity (Wildman–Crippen MR) is 49.2 cm³/mol. The molecule has 2 heteroatoms. The standard InChI is InChI=1S/C10H19NO/c1-8(10(2)4-5-10)11-9-3-6-12-7-9/h8-9,11H,3-7H2,1-2H3. The number of rotatable bonds is 3. The minimum Gasteiger partial charge on any atom is -0.380 e. The van der Waals surface area contributed by atoms with Crippen LogP contribution in [0.25, 0.3) is 0 Å². The van der Waals surface area contributed by atoms with Crippen LogP contribution in [0.15, 0.2) is 0 Å². The number of nitrogens with one attached hydrogen (secondary N) is 1. The van der Waals surface area contributed by atoms with Crippen molar-refractivity contribution < 1.29 is 4.74 Å². The first-order chi connectivity index (χ1) is 5.71. The zero-order chi connectivity index (χ0) is 8.60. The molecule has 2 nitrogen and oxygen atoms in total. The van der Waals surface area contributed by atoms with Crippen LogP contribution in [0.5, 0.6) is 0 Å². The number of hydrogen-bond acceptors (Lipinski definition) is 2. The average Bonchev–Trinajstić information content (AvgIpc) is 2.63. The Morgan fingerprint density at radius 2 is 2.25 bits per heavy atom. The van der Waals surface area contributed by atoms with E-state index in [1.54, 1.807) is 0 Å². The van der Waals surface area contributed by atoms with Crippen LogP contribution in [-0.4, -0.2) is 25.3 Å². The van der Waals surface area contributed by atoms with Gasteiger partial charge in [0.1, 0.15) is 0 Å². The van der Waals surface area contributed by atoms with Crippen molar-refractivity contribution in [1.29, 1.82) is 0 Å². The highest BCUT2D eigenvalue weighted by molar-refractivity contribution is 4.97. The molecule has 0 aromatic rings. The lowest BCUT2D eigenvalue weighted by molar-refractivity contribution is 0.185. The molecule has 70 valence electrons. The smallest absolute Gasteiger partial charge is 0.0620 e. The molecule has 2 fully saturated rings. The Morgan fingerprint density at radius 3 is 2.75 bits per heavy atom. The van der Waals surface area contributed by atoms with Gasteiger partial charge < -0.3 is 10.1 Å². The third-order valence-electron chi connectivity index (χ3n) is 3.50. The maximum atomic E-state index is 5.33. The lowest BCUT2D eigenvalue weighted by Crippen LogP contribution is -2.41. The summed E-state index contributed by atoms with van der Waals surface area (Å²) in [5, 5.41) is 3.66. The molecule has 0 spiro atoms. The molecular weight excluding hydrogens is 150 g/mol. The largest absolute Gasteiger partial charge is 0.380 e. The van der Waals surface area contributed by atoms with E-state index in [0.29, 0.717) is 17.5 Å². The van der Waals surface area contributed by atoms with Gasteiger partial charge in [0, 0.05) is 18.7 Å². The van der Waals surface area contributed by atoms with Gasteiger partial charge in [-0.25, -0.2) is 0 Å². The summed E-state index contributed by atoms with van der Waals surface area (Å²) in [6.07, 6.45) is 3.99. The van der Waals surface area contributed by atoms with Crippen molar-refractivity contribution in [3.05, 3.63) is 0 Å². The summed E-state index contributed by atoms with van der Waals surface area (Å²) in [6.45, 7) is 6.55. The molecule has 0 aromatic heterocycles. The van der Waals surface area contributed by atoms with Gasteiger partial charge in [-0.1, -0.05) is 6.92 Å². The van der Waals surface area contributed by atoms with Gasteiger partial charge in [-0.15, -0.1) is 0 Å². The predicted octanol–water partition coefficient (Wildman–Crippen LogP) is 1.55. The Balaban J connectivity index is 1.78. The van der Waals surface area contributed by atoms with Crippen LogP contribution in [0, 0.1) is 5.41 Å². The first-order valence-electron chi connectivity index (χ1n) is 5.04. The maximum Gasteiger partial charge on any atom is 0.0620 e. The van der Waals surface area contributed by atoms with Gasteiger partial charge in [-0.3, -0.25) is 0 Å². The zero-order valence-electron chi connectivity index (χ0n) is 8.10. The summed E-state index contributed by atoms with van der Waals surface area (Å²) in [6, 6.07) is 1.29. The minimum absolute atomic E-state index is 0.600. The van der Waals surface area contributed by atoms with Crippen LogP contribution < -0.4 is 5.32 Å². The Hall–Kier alpha value is -0.0800. The average molecular weight is 169 g/mol. The van der Waals surface area contributed by atoms with E-state index in [-0.39, 0.29) is 0 Å². The molecular formula is C10H19NO. The summed E-state index contributed by atoms with van der Waals surface area (Å²) in [5.74, 6) is 0. The van der Waals surface area contributed by atoms with Crippen LogP contribution in [0.2, 0.25) is 0 Å². The fourth-order valence-corrected chi connectivity index (χ4v) is 1.85. The highest BCUT2D eigenvalue weighted by Crippen LogP contribution is 2.48. The molecule has 2 aliphatic rings. The molecule has 1 saturated carbocycles. The van der Waals surface area contributed by atoms with Crippen LogP contribution in [0.4, 0.5) is 0 Å². The molecule has 1 saturated heterocycles. The molecule has 2 unspecified atom stereocenters. The summed E-state index contributed by atoms with van der Waals surface area (Å²) in [7, 11) is 0. The summed E-state index contributed by atoms with van der Waals surface area (Å²) in [4.78, 5) is 0. The fourth-order valence-electron chi connectivity index (χ4n) is 1.85. The van der Waals surface area contributed by atoms with Gasteiger partial charge in [0.15, 0.2) is 0 Å². The van der Waals surface area contributed by atoms with E-state index in [1.165, 1.54) is 19.3 Å². The van der Waals surface area contributed by atoms with Gasteiger partial charge in [0.25, 0.3) is 0 Å². The van der Waals surface area contributed by atoms with Crippen molar-refractivity contribution in [3.8, 4) is 0 Å². The highest BCUT2D eigenvalue weighted by Gasteiger charge is 2.43. The monoisotopic (exact) mass is 169 g/mol. The second kappa shape index (κ2) is 3.00. The van der Waals surface area contributed by atoms with Crippen molar-refractivity contribution in [2.45, 2.75) is 45.2 Å². The van der Waals surface area contributed by atoms with Crippen LogP contribution in [0.1, 0.15) is 33.1 Å². The molecule has 0 radical (unpaired) electrons. The lowest BCUT2D eigenvalue weighted by atomic mass is 10.00. The minimum atomic E-state index is 0.600. The van der Waals surface area contributed by atoms with E-state index >= 15 is 0 Å². The molecule has 1 heterocycles. The fraction of sp³-hybridized carbons (Fsp3) is 1.00. The van der Waals surface area contributed by atoms with Gasteiger partial charge in [-0.05, 0) is 31.6 Å². The second-order valence-corrected chi connectivity index (χ2v) is 4.60. The van der Waals surface area contributed by atoms with E-state index in [0.717, 1.165) is 13.2 Å². The van der Waals surface area contributed by atoms with Crippen molar-refractivity contribution >= 4 is 0 Å². The van der Waals surface area contributed by atoms with E-state index in [1.807, 2.05) is 0 Å². The Morgan fingerprint density at radius 1 is 1.50 bits per heavy atom. The number of ether oxygens (including phenoxy) is 1. The first-order valence-corrected chi connectivity index (χ1v) is 5.04. The summed E-state index contributed by atoms with van der Waals surface area (Å²) >= 11 is 0. The Kier molecular flexibility index (Phi) is 2.13.